The molecule has 2 unspecified atom stereocenters. The van der Waals surface area contributed by atoms with Gasteiger partial charge in [0.15, 0.2) is 12.1 Å². The van der Waals surface area contributed by atoms with Crippen LogP contribution in [0.4, 0.5) is 0 Å². The Labute approximate surface area is 384 Å². The topological polar surface area (TPSA) is 99.1 Å². The van der Waals surface area contributed by atoms with Crippen molar-refractivity contribution in [1.29, 1.82) is 0 Å². The van der Waals surface area contributed by atoms with E-state index in [1.807, 2.05) is 21.1 Å². The number of carboxylic acids is 1. The van der Waals surface area contributed by atoms with E-state index < -0.39 is 18.1 Å². The molecular weight excluding hydrogens is 775 g/mol. The molecule has 1 N–H and O–H groups in total. The van der Waals surface area contributed by atoms with Crippen molar-refractivity contribution in [1.82, 2.24) is 0 Å². The molecule has 2 atom stereocenters. The molecule has 0 heterocycles. The van der Waals surface area contributed by atoms with E-state index in [1.54, 1.807) is 0 Å². The summed E-state index contributed by atoms with van der Waals surface area (Å²) in [6.07, 6.45) is 51.2. The summed E-state index contributed by atoms with van der Waals surface area (Å²) in [5.74, 6) is -1.45. The molecule has 0 aromatic rings. The van der Waals surface area contributed by atoms with Gasteiger partial charge in [0.2, 0.25) is 0 Å². The molecule has 0 radical (unpaired) electrons. The van der Waals surface area contributed by atoms with Crippen molar-refractivity contribution >= 4 is 17.9 Å². The van der Waals surface area contributed by atoms with E-state index in [9.17, 15) is 19.5 Å². The van der Waals surface area contributed by atoms with E-state index in [-0.39, 0.29) is 36.2 Å². The Kier molecular flexibility index (Phi) is 44.2. The summed E-state index contributed by atoms with van der Waals surface area (Å²) in [5, 5.41) is 9.66. The maximum atomic E-state index is 12.8. The molecule has 8 heteroatoms. The highest BCUT2D eigenvalue weighted by molar-refractivity contribution is 5.72. The lowest BCUT2D eigenvalue weighted by Crippen LogP contribution is -2.50. The van der Waals surface area contributed by atoms with E-state index in [1.165, 1.54) is 193 Å². The minimum Gasteiger partial charge on any atom is -0.477 e. The Balaban J connectivity index is 4.17. The van der Waals surface area contributed by atoms with Crippen LogP contribution in [0.1, 0.15) is 264 Å². The third-order valence-electron chi connectivity index (χ3n) is 12.4. The smallest absolute Gasteiger partial charge is 0.362 e. The van der Waals surface area contributed by atoms with Gasteiger partial charge in [-0.2, -0.15) is 0 Å². The first-order valence-electron chi connectivity index (χ1n) is 26.7. The Morgan fingerprint density at radius 3 is 1.16 bits per heavy atom. The number of esters is 2. The number of ether oxygens (including phenoxy) is 3. The highest BCUT2D eigenvalue weighted by atomic mass is 16.6. The number of allylic oxidation sites excluding steroid dienone is 2. The third kappa shape index (κ3) is 43.3. The first-order valence-corrected chi connectivity index (χ1v) is 26.7. The fourth-order valence-electron chi connectivity index (χ4n) is 8.27. The molecule has 0 saturated carbocycles. The van der Waals surface area contributed by atoms with Gasteiger partial charge in [-0.1, -0.05) is 219 Å². The standard InChI is InChI=1S/C54H103NO7/c1-6-8-10-12-14-16-18-20-22-24-25-26-27-29-30-32-34-36-38-40-42-44-52(56)61-49-50(48-60-47-46-51(54(58)59)55(3,4)5)62-53(57)45-43-41-39-37-35-33-31-28-23-21-19-17-15-13-11-9-7-2/h21,23,50-51H,6-20,22,24-49H2,1-5H3/p+1/b23-21+. The van der Waals surface area contributed by atoms with E-state index in [4.69, 9.17) is 14.2 Å². The first-order chi connectivity index (χ1) is 30.1. The molecule has 0 aliphatic heterocycles. The molecule has 0 spiro atoms. The summed E-state index contributed by atoms with van der Waals surface area (Å²) in [5.41, 5.74) is 0. The Hall–Kier alpha value is -1.93. The van der Waals surface area contributed by atoms with Gasteiger partial charge in [-0.3, -0.25) is 9.59 Å². The normalized spacial score (nSPS) is 12.9. The van der Waals surface area contributed by atoms with Crippen LogP contribution in [0.3, 0.4) is 0 Å². The molecule has 0 bridgehead atoms. The molecule has 366 valence electrons. The van der Waals surface area contributed by atoms with Gasteiger partial charge in [0.05, 0.1) is 34.4 Å². The molecule has 0 aliphatic carbocycles. The Morgan fingerprint density at radius 1 is 0.468 bits per heavy atom. The molecule has 0 saturated heterocycles. The van der Waals surface area contributed by atoms with Crippen LogP contribution in [0, 0.1) is 0 Å². The number of unbranched alkanes of at least 4 members (excludes halogenated alkanes) is 33. The molecule has 0 rings (SSSR count). The molecule has 0 amide bonds. The largest absolute Gasteiger partial charge is 0.477 e. The van der Waals surface area contributed by atoms with Gasteiger partial charge in [0, 0.05) is 19.3 Å². The van der Waals surface area contributed by atoms with Crippen LogP contribution in [0.5, 0.6) is 0 Å². The first kappa shape index (κ1) is 60.1. The molecular formula is C54H104NO7+. The van der Waals surface area contributed by atoms with Crippen LogP contribution in [0.2, 0.25) is 0 Å². The lowest BCUT2D eigenvalue weighted by Gasteiger charge is -2.31. The second kappa shape index (κ2) is 45.6. The van der Waals surface area contributed by atoms with Gasteiger partial charge in [-0.25, -0.2) is 4.79 Å². The Morgan fingerprint density at radius 2 is 0.806 bits per heavy atom. The maximum Gasteiger partial charge on any atom is 0.362 e. The summed E-state index contributed by atoms with van der Waals surface area (Å²) < 4.78 is 17.4. The zero-order valence-corrected chi connectivity index (χ0v) is 41.9. The second-order valence-corrected chi connectivity index (χ2v) is 19.5. The average molecular weight is 879 g/mol. The van der Waals surface area contributed by atoms with Crippen LogP contribution in [0.15, 0.2) is 12.2 Å². The summed E-state index contributed by atoms with van der Waals surface area (Å²) >= 11 is 0. The van der Waals surface area contributed by atoms with Crippen molar-refractivity contribution in [3.63, 3.8) is 0 Å². The van der Waals surface area contributed by atoms with Crippen molar-refractivity contribution in [2.45, 2.75) is 276 Å². The number of nitrogens with zero attached hydrogens (tertiary/aromatic N) is 1. The lowest BCUT2D eigenvalue weighted by molar-refractivity contribution is -0.887. The van der Waals surface area contributed by atoms with Crippen LogP contribution in [0.25, 0.3) is 0 Å². The summed E-state index contributed by atoms with van der Waals surface area (Å²) in [6, 6.07) is -0.612. The van der Waals surface area contributed by atoms with Crippen LogP contribution in [-0.4, -0.2) is 80.6 Å². The number of carbonyl (C=O) groups excluding carboxylic acids is 2. The van der Waals surface area contributed by atoms with E-state index in [0.29, 0.717) is 19.3 Å². The van der Waals surface area contributed by atoms with Gasteiger partial charge in [-0.05, 0) is 38.5 Å². The van der Waals surface area contributed by atoms with E-state index >= 15 is 0 Å². The minimum atomic E-state index is -0.871. The van der Waals surface area contributed by atoms with Crippen LogP contribution >= 0.6 is 0 Å². The second-order valence-electron chi connectivity index (χ2n) is 19.5. The van der Waals surface area contributed by atoms with Crippen molar-refractivity contribution in [2.24, 2.45) is 0 Å². The molecule has 0 aromatic heterocycles. The van der Waals surface area contributed by atoms with E-state index in [0.717, 1.165) is 38.5 Å². The molecule has 8 nitrogen and oxygen atoms in total. The zero-order valence-electron chi connectivity index (χ0n) is 41.9. The van der Waals surface area contributed by atoms with Gasteiger partial charge >= 0.3 is 17.9 Å². The third-order valence-corrected chi connectivity index (χ3v) is 12.4. The SMILES string of the molecule is CCCCCCCC/C=C/CCCCCCCCCC(=O)OC(COCCC(C(=O)O)[N+](C)(C)C)COC(=O)CCCCCCCCCCCCCCCCCCCCCCC. The highest BCUT2D eigenvalue weighted by Crippen LogP contribution is 2.17. The van der Waals surface area contributed by atoms with Crippen molar-refractivity contribution in [3.8, 4) is 0 Å². The number of hydrogen-bond donors (Lipinski definition) is 1. The summed E-state index contributed by atoms with van der Waals surface area (Å²) in [7, 11) is 5.55. The quantitative estimate of drug-likeness (QED) is 0.0281. The summed E-state index contributed by atoms with van der Waals surface area (Å²) in [6.45, 7) is 4.78. The minimum absolute atomic E-state index is 0.0459. The van der Waals surface area contributed by atoms with Gasteiger partial charge < -0.3 is 23.8 Å². The molecule has 0 aliphatic rings. The molecule has 62 heavy (non-hydrogen) atoms. The number of likely N-dealkylation sites (N-methyl/N-ethyl adjacent to an activating group) is 1. The number of carbonyl (C=O) groups is 3. The van der Waals surface area contributed by atoms with Gasteiger partial charge in [0.1, 0.15) is 6.61 Å². The fraction of sp³-hybridized carbons (Fsp3) is 0.907. The number of aliphatic carboxylic acids is 1. The van der Waals surface area contributed by atoms with Crippen molar-refractivity contribution in [3.05, 3.63) is 12.2 Å². The number of quaternary nitrogens is 1. The molecule has 0 fully saturated rings. The predicted octanol–water partition coefficient (Wildman–Crippen LogP) is 15.4. The zero-order chi connectivity index (χ0) is 45.6. The highest BCUT2D eigenvalue weighted by Gasteiger charge is 2.31. The van der Waals surface area contributed by atoms with Gasteiger partial charge in [0.25, 0.3) is 0 Å². The molecule has 0 aromatic carbocycles. The fourth-order valence-corrected chi connectivity index (χ4v) is 8.27. The maximum absolute atomic E-state index is 12.8. The van der Waals surface area contributed by atoms with Gasteiger partial charge in [-0.15, -0.1) is 0 Å². The monoisotopic (exact) mass is 879 g/mol. The van der Waals surface area contributed by atoms with Crippen LogP contribution in [-0.2, 0) is 28.6 Å². The van der Waals surface area contributed by atoms with Crippen LogP contribution < -0.4 is 0 Å². The average Bonchev–Trinajstić information content (AvgIpc) is 3.23. The van der Waals surface area contributed by atoms with Crippen molar-refractivity contribution < 1.29 is 38.2 Å². The van der Waals surface area contributed by atoms with E-state index in [2.05, 4.69) is 26.0 Å². The Bertz CT molecular complexity index is 1020. The number of rotatable bonds is 49. The van der Waals surface area contributed by atoms with Crippen molar-refractivity contribution in [2.75, 3.05) is 41.0 Å². The predicted molar refractivity (Wildman–Crippen MR) is 262 cm³/mol. The summed E-state index contributed by atoms with van der Waals surface area (Å²) in [4.78, 5) is 37.2. The number of hydrogen-bond acceptors (Lipinski definition) is 6. The lowest BCUT2D eigenvalue weighted by atomic mass is 10.0. The number of carboxylic acid groups (broad SMARTS) is 1.